The van der Waals surface area contributed by atoms with Gasteiger partial charge in [-0.25, -0.2) is 0 Å². The number of benzene rings is 1. The van der Waals surface area contributed by atoms with E-state index in [0.717, 1.165) is 35.7 Å². The first kappa shape index (κ1) is 12.4. The van der Waals surface area contributed by atoms with Crippen LogP contribution in [0.5, 0.6) is 0 Å². The maximum atomic E-state index is 6.35. The molecule has 1 aromatic carbocycles. The number of halogens is 1. The Bertz CT molecular complexity index is 629. The van der Waals surface area contributed by atoms with Gasteiger partial charge in [-0.05, 0) is 55.0 Å². The van der Waals surface area contributed by atoms with Crippen molar-refractivity contribution in [2.75, 3.05) is 0 Å². The van der Waals surface area contributed by atoms with Crippen molar-refractivity contribution in [2.24, 2.45) is 0 Å². The Kier molecular flexibility index (Phi) is 3.39. The molecular formula is C17H16ClN. The van der Waals surface area contributed by atoms with Gasteiger partial charge in [0.15, 0.2) is 0 Å². The lowest BCUT2D eigenvalue weighted by atomic mass is 9.90. The van der Waals surface area contributed by atoms with Gasteiger partial charge >= 0.3 is 0 Å². The highest BCUT2D eigenvalue weighted by molar-refractivity contribution is 6.31. The Balaban J connectivity index is 2.10. The number of allylic oxidation sites excluding steroid dienone is 1. The van der Waals surface area contributed by atoms with Crippen LogP contribution >= 0.6 is 11.6 Å². The Hall–Kier alpha value is -1.60. The minimum atomic E-state index is 0.862. The summed E-state index contributed by atoms with van der Waals surface area (Å²) in [4.78, 5) is 4.70. The standard InChI is InChI=1S/C17H16ClN/c1-12-10-16(18)15-9-5-8-14(17(15)19-12)11-13-6-3-2-4-7-13/h2-4,6-7,10-11H,5,8-9H2,1H3/b14-11+. The van der Waals surface area contributed by atoms with Gasteiger partial charge in [-0.3, -0.25) is 4.98 Å². The molecule has 0 saturated carbocycles. The third-order valence-electron chi connectivity index (χ3n) is 3.52. The fourth-order valence-electron chi connectivity index (χ4n) is 2.63. The molecule has 19 heavy (non-hydrogen) atoms. The van der Waals surface area contributed by atoms with Gasteiger partial charge in [-0.2, -0.15) is 0 Å². The first-order valence-corrected chi connectivity index (χ1v) is 7.04. The van der Waals surface area contributed by atoms with E-state index in [1.807, 2.05) is 19.1 Å². The number of hydrogen-bond donors (Lipinski definition) is 0. The van der Waals surface area contributed by atoms with E-state index in [1.54, 1.807) is 0 Å². The van der Waals surface area contributed by atoms with Crippen LogP contribution in [-0.4, -0.2) is 4.98 Å². The molecule has 0 bridgehead atoms. The zero-order valence-electron chi connectivity index (χ0n) is 11.0. The summed E-state index contributed by atoms with van der Waals surface area (Å²) in [6.07, 6.45) is 5.50. The van der Waals surface area contributed by atoms with Crippen LogP contribution in [0.4, 0.5) is 0 Å². The highest BCUT2D eigenvalue weighted by Crippen LogP contribution is 2.35. The van der Waals surface area contributed by atoms with Crippen LogP contribution in [-0.2, 0) is 6.42 Å². The third kappa shape index (κ3) is 2.57. The molecule has 3 rings (SSSR count). The van der Waals surface area contributed by atoms with Gasteiger partial charge in [0.2, 0.25) is 0 Å². The van der Waals surface area contributed by atoms with E-state index < -0.39 is 0 Å². The second-order valence-electron chi connectivity index (χ2n) is 5.01. The highest BCUT2D eigenvalue weighted by atomic mass is 35.5. The van der Waals surface area contributed by atoms with Crippen molar-refractivity contribution in [2.45, 2.75) is 26.2 Å². The van der Waals surface area contributed by atoms with Gasteiger partial charge in [0, 0.05) is 10.7 Å². The molecule has 0 radical (unpaired) electrons. The van der Waals surface area contributed by atoms with Crippen LogP contribution in [0.15, 0.2) is 36.4 Å². The molecule has 96 valence electrons. The summed E-state index contributed by atoms with van der Waals surface area (Å²) in [6, 6.07) is 12.4. The Morgan fingerprint density at radius 2 is 1.95 bits per heavy atom. The van der Waals surface area contributed by atoms with E-state index in [9.17, 15) is 0 Å². The minimum Gasteiger partial charge on any atom is -0.253 e. The normalized spacial score (nSPS) is 16.4. The molecule has 2 aromatic rings. The number of aryl methyl sites for hydroxylation is 1. The van der Waals surface area contributed by atoms with Crippen LogP contribution in [0.2, 0.25) is 5.02 Å². The smallest absolute Gasteiger partial charge is 0.0711 e. The Labute approximate surface area is 119 Å². The average Bonchev–Trinajstić information content (AvgIpc) is 2.41. The zero-order valence-corrected chi connectivity index (χ0v) is 11.7. The monoisotopic (exact) mass is 269 g/mol. The van der Waals surface area contributed by atoms with Crippen molar-refractivity contribution in [3.05, 3.63) is 63.9 Å². The number of fused-ring (bicyclic) bond motifs is 1. The fourth-order valence-corrected chi connectivity index (χ4v) is 2.97. The van der Waals surface area contributed by atoms with E-state index in [-0.39, 0.29) is 0 Å². The number of pyridine rings is 1. The molecule has 1 aromatic heterocycles. The molecule has 1 aliphatic rings. The topological polar surface area (TPSA) is 12.9 Å². The molecule has 0 amide bonds. The maximum Gasteiger partial charge on any atom is 0.0711 e. The molecule has 0 atom stereocenters. The molecular weight excluding hydrogens is 254 g/mol. The molecule has 0 aliphatic heterocycles. The first-order chi connectivity index (χ1) is 9.24. The van der Waals surface area contributed by atoms with Gasteiger partial charge in [-0.1, -0.05) is 41.9 Å². The van der Waals surface area contributed by atoms with Crippen LogP contribution in [0.25, 0.3) is 11.6 Å². The molecule has 0 unspecified atom stereocenters. The lowest BCUT2D eigenvalue weighted by Crippen LogP contribution is -2.06. The Morgan fingerprint density at radius 3 is 2.74 bits per heavy atom. The summed E-state index contributed by atoms with van der Waals surface area (Å²) < 4.78 is 0. The number of nitrogens with zero attached hydrogens (tertiary/aromatic N) is 1. The van der Waals surface area contributed by atoms with Crippen molar-refractivity contribution in [3.8, 4) is 0 Å². The van der Waals surface area contributed by atoms with E-state index >= 15 is 0 Å². The summed E-state index contributed by atoms with van der Waals surface area (Å²) in [7, 11) is 0. The molecule has 0 saturated heterocycles. The maximum absolute atomic E-state index is 6.35. The second-order valence-corrected chi connectivity index (χ2v) is 5.41. The summed E-state index contributed by atoms with van der Waals surface area (Å²) in [5, 5.41) is 0.862. The predicted octanol–water partition coefficient (Wildman–Crippen LogP) is 4.92. The van der Waals surface area contributed by atoms with Crippen LogP contribution in [0.1, 0.15) is 35.4 Å². The van der Waals surface area contributed by atoms with Gasteiger partial charge in [0.1, 0.15) is 0 Å². The lowest BCUT2D eigenvalue weighted by Gasteiger charge is -2.20. The number of hydrogen-bond acceptors (Lipinski definition) is 1. The van der Waals surface area contributed by atoms with Gasteiger partial charge in [0.05, 0.1) is 5.69 Å². The summed E-state index contributed by atoms with van der Waals surface area (Å²) >= 11 is 6.35. The third-order valence-corrected chi connectivity index (χ3v) is 3.85. The van der Waals surface area contributed by atoms with Crippen LogP contribution < -0.4 is 0 Å². The van der Waals surface area contributed by atoms with E-state index in [4.69, 9.17) is 16.6 Å². The molecule has 1 heterocycles. The van der Waals surface area contributed by atoms with E-state index in [0.29, 0.717) is 0 Å². The Morgan fingerprint density at radius 1 is 1.16 bits per heavy atom. The predicted molar refractivity (Wildman–Crippen MR) is 81.2 cm³/mol. The van der Waals surface area contributed by atoms with Crippen molar-refractivity contribution < 1.29 is 0 Å². The van der Waals surface area contributed by atoms with E-state index in [2.05, 4.69) is 30.3 Å². The number of rotatable bonds is 1. The SMILES string of the molecule is Cc1cc(Cl)c2c(n1)/C(=C/c1ccccc1)CCC2. The largest absolute Gasteiger partial charge is 0.253 e. The molecule has 2 heteroatoms. The second kappa shape index (κ2) is 5.18. The molecule has 0 spiro atoms. The van der Waals surface area contributed by atoms with E-state index in [1.165, 1.54) is 16.7 Å². The zero-order chi connectivity index (χ0) is 13.2. The fraction of sp³-hybridized carbons (Fsp3) is 0.235. The number of aromatic nitrogens is 1. The van der Waals surface area contributed by atoms with Gasteiger partial charge < -0.3 is 0 Å². The van der Waals surface area contributed by atoms with Crippen molar-refractivity contribution in [1.82, 2.24) is 4.98 Å². The van der Waals surface area contributed by atoms with Crippen molar-refractivity contribution in [3.63, 3.8) is 0 Å². The van der Waals surface area contributed by atoms with Crippen LogP contribution in [0, 0.1) is 6.92 Å². The quantitative estimate of drug-likeness (QED) is 0.716. The molecule has 1 nitrogen and oxygen atoms in total. The van der Waals surface area contributed by atoms with Crippen molar-refractivity contribution in [1.29, 1.82) is 0 Å². The molecule has 0 fully saturated rings. The average molecular weight is 270 g/mol. The van der Waals surface area contributed by atoms with Crippen LogP contribution in [0.3, 0.4) is 0 Å². The lowest BCUT2D eigenvalue weighted by molar-refractivity contribution is 0.808. The summed E-state index contributed by atoms with van der Waals surface area (Å²) in [5.41, 5.74) is 5.83. The minimum absolute atomic E-state index is 0.862. The van der Waals surface area contributed by atoms with Gasteiger partial charge in [0.25, 0.3) is 0 Å². The molecule has 1 aliphatic carbocycles. The summed E-state index contributed by atoms with van der Waals surface area (Å²) in [5.74, 6) is 0. The molecule has 0 N–H and O–H groups in total. The summed E-state index contributed by atoms with van der Waals surface area (Å²) in [6.45, 7) is 2.00. The first-order valence-electron chi connectivity index (χ1n) is 6.66. The van der Waals surface area contributed by atoms with Crippen molar-refractivity contribution >= 4 is 23.3 Å². The van der Waals surface area contributed by atoms with Gasteiger partial charge in [-0.15, -0.1) is 0 Å². The highest BCUT2D eigenvalue weighted by Gasteiger charge is 2.18.